The van der Waals surface area contributed by atoms with Crippen molar-refractivity contribution in [3.8, 4) is 0 Å². The number of benzene rings is 2. The molecule has 5 heterocycles. The van der Waals surface area contributed by atoms with Gasteiger partial charge in [-0.1, -0.05) is 17.7 Å². The summed E-state index contributed by atoms with van der Waals surface area (Å²) in [6.45, 7) is 2.52. The Kier molecular flexibility index (Phi) is 10.8. The Morgan fingerprint density at radius 2 is 1.74 bits per heavy atom. The Morgan fingerprint density at radius 3 is 2.45 bits per heavy atom. The van der Waals surface area contributed by atoms with E-state index < -0.39 is 41.2 Å². The van der Waals surface area contributed by atoms with E-state index in [9.17, 15) is 32.3 Å². The molecule has 0 spiro atoms. The molecule has 0 radical (unpaired) electrons. The first-order valence-electron chi connectivity index (χ1n) is 19.3. The van der Waals surface area contributed by atoms with Crippen molar-refractivity contribution < 1.29 is 31.9 Å². The standard InChI is InChI=1S/C40H41ClF4N8O4S/c1-50(23-14-16-52(17-15-23)29-11-10-24(41)34-35(29)51(2)39(57)53(34)30-12-13-33(54)49-37(30)56)20-21-6-8-22(9-7-21)38-48-28-18-25(42)27(19-31(28)58-38)47-36(55)26-4-3-5-32(46-26)40(43,44)45/h3-5,10-11,18-19,21-23,30H,6-9,12-17,20H2,1-2H3,(H,47,55)(H,49,54,56)/t21-,22-,30?. The van der Waals surface area contributed by atoms with Crippen LogP contribution < -0.4 is 21.2 Å². The fourth-order valence-electron chi connectivity index (χ4n) is 8.77. The molecule has 18 heteroatoms. The number of hydrogen-bond acceptors (Lipinski definition) is 9. The van der Waals surface area contributed by atoms with Crippen LogP contribution in [-0.2, 0) is 22.8 Å². The highest BCUT2D eigenvalue weighted by Gasteiger charge is 2.35. The summed E-state index contributed by atoms with van der Waals surface area (Å²) in [6, 6.07) is 8.96. The van der Waals surface area contributed by atoms with Gasteiger partial charge in [0, 0.05) is 51.1 Å². The number of nitrogens with one attached hydrogen (secondary N) is 2. The minimum Gasteiger partial charge on any atom is -0.370 e. The summed E-state index contributed by atoms with van der Waals surface area (Å²) in [5, 5.41) is 5.98. The molecule has 5 aromatic rings. The van der Waals surface area contributed by atoms with Crippen molar-refractivity contribution in [2.75, 3.05) is 36.9 Å². The lowest BCUT2D eigenvalue weighted by molar-refractivity contribution is -0.141. The number of imidazole rings is 1. The molecule has 1 unspecified atom stereocenters. The number of piperidine rings is 2. The second-order valence-corrected chi connectivity index (χ2v) is 17.0. The topological polar surface area (TPSA) is 134 Å². The number of anilines is 2. The molecule has 2 saturated heterocycles. The van der Waals surface area contributed by atoms with Gasteiger partial charge in [-0.3, -0.25) is 28.8 Å². The van der Waals surface area contributed by atoms with E-state index in [1.54, 1.807) is 17.7 Å². The fourth-order valence-corrected chi connectivity index (χ4v) is 10.2. The molecule has 1 aliphatic carbocycles. The molecule has 8 rings (SSSR count). The van der Waals surface area contributed by atoms with Crippen molar-refractivity contribution in [3.05, 3.63) is 80.2 Å². The highest BCUT2D eigenvalue weighted by atomic mass is 35.5. The Labute approximate surface area is 339 Å². The maximum Gasteiger partial charge on any atom is 0.433 e. The maximum atomic E-state index is 15.0. The highest BCUT2D eigenvalue weighted by molar-refractivity contribution is 7.18. The zero-order valence-corrected chi connectivity index (χ0v) is 33.3. The van der Waals surface area contributed by atoms with Crippen LogP contribution in [0, 0.1) is 11.7 Å². The van der Waals surface area contributed by atoms with Gasteiger partial charge >= 0.3 is 11.9 Å². The van der Waals surface area contributed by atoms with Gasteiger partial charge in [-0.15, -0.1) is 11.3 Å². The third-order valence-electron chi connectivity index (χ3n) is 11.9. The summed E-state index contributed by atoms with van der Waals surface area (Å²) in [5.74, 6) is -1.81. The van der Waals surface area contributed by atoms with E-state index in [1.165, 1.54) is 28.0 Å². The van der Waals surface area contributed by atoms with Gasteiger partial charge in [0.15, 0.2) is 0 Å². The second kappa shape index (κ2) is 15.7. The summed E-state index contributed by atoms with van der Waals surface area (Å²) in [5.41, 5.74) is 0.334. The van der Waals surface area contributed by atoms with Crippen molar-refractivity contribution in [2.24, 2.45) is 13.0 Å². The number of carbonyl (C=O) groups excluding carboxylic acids is 3. The number of fused-ring (bicyclic) bond motifs is 2. The maximum absolute atomic E-state index is 15.0. The van der Waals surface area contributed by atoms with Crippen molar-refractivity contribution in [1.82, 2.24) is 29.3 Å². The molecule has 3 aliphatic rings. The predicted octanol–water partition coefficient (Wildman–Crippen LogP) is 7.26. The molecular weight excluding hydrogens is 800 g/mol. The van der Waals surface area contributed by atoms with E-state index in [0.29, 0.717) is 38.2 Å². The quantitative estimate of drug-likeness (QED) is 0.123. The average molecular weight is 841 g/mol. The first-order chi connectivity index (χ1) is 27.7. The first-order valence-corrected chi connectivity index (χ1v) is 20.5. The van der Waals surface area contributed by atoms with Gasteiger partial charge in [0.25, 0.3) is 5.91 Å². The molecule has 3 fully saturated rings. The minimum atomic E-state index is -4.72. The Morgan fingerprint density at radius 1 is 1.00 bits per heavy atom. The number of aromatic nitrogens is 4. The first kappa shape index (κ1) is 39.9. The normalized spacial score (nSPS) is 21.0. The van der Waals surface area contributed by atoms with E-state index in [2.05, 4.69) is 32.5 Å². The van der Waals surface area contributed by atoms with Crippen molar-refractivity contribution in [3.63, 3.8) is 0 Å². The van der Waals surface area contributed by atoms with Crippen molar-refractivity contribution in [1.29, 1.82) is 0 Å². The highest BCUT2D eigenvalue weighted by Crippen LogP contribution is 2.41. The summed E-state index contributed by atoms with van der Waals surface area (Å²) in [6.07, 6.45) is 1.43. The van der Waals surface area contributed by atoms with Crippen LogP contribution in [0.15, 0.2) is 47.3 Å². The van der Waals surface area contributed by atoms with Crippen molar-refractivity contribution >= 4 is 73.3 Å². The third-order valence-corrected chi connectivity index (χ3v) is 13.3. The number of amides is 3. The summed E-state index contributed by atoms with van der Waals surface area (Å²) >= 11 is 8.12. The van der Waals surface area contributed by atoms with Crippen molar-refractivity contribution in [2.45, 2.75) is 75.5 Å². The number of nitrogens with zero attached hydrogens (tertiary/aromatic N) is 6. The van der Waals surface area contributed by atoms with Gasteiger partial charge in [-0.2, -0.15) is 13.2 Å². The van der Waals surface area contributed by atoms with Gasteiger partial charge in [0.1, 0.15) is 23.2 Å². The second-order valence-electron chi connectivity index (χ2n) is 15.5. The zero-order valence-electron chi connectivity index (χ0n) is 31.7. The number of thiazole rings is 1. The van der Waals surface area contributed by atoms with Crippen LogP contribution in [0.3, 0.4) is 0 Å². The van der Waals surface area contributed by atoms with E-state index in [0.717, 1.165) is 87.1 Å². The lowest BCUT2D eigenvalue weighted by Crippen LogP contribution is -2.45. The SMILES string of the molecule is CN(C[C@H]1CC[C@H](c2nc3cc(F)c(NC(=O)c4cccc(C(F)(F)F)n4)cc3s2)CC1)C1CCN(c2ccc(Cl)c3c2n(C)c(=O)n3C2CCC(=O)NC2=O)CC1. The number of carbonyl (C=O) groups is 3. The van der Waals surface area contributed by atoms with E-state index in [1.807, 2.05) is 6.07 Å². The Balaban J connectivity index is 0.866. The lowest BCUT2D eigenvalue weighted by atomic mass is 9.82. The van der Waals surface area contributed by atoms with Crippen LogP contribution in [-0.4, -0.2) is 74.4 Å². The van der Waals surface area contributed by atoms with Crippen LogP contribution in [0.2, 0.25) is 5.02 Å². The molecule has 3 amide bonds. The Bertz CT molecular complexity index is 2490. The lowest BCUT2D eigenvalue weighted by Gasteiger charge is -2.40. The number of hydrogen-bond donors (Lipinski definition) is 2. The van der Waals surface area contributed by atoms with Gasteiger partial charge in [0.2, 0.25) is 11.8 Å². The van der Waals surface area contributed by atoms with Crippen LogP contribution in [0.25, 0.3) is 21.3 Å². The molecular formula is C40H41ClF4N8O4S. The molecule has 2 N–H and O–H groups in total. The van der Waals surface area contributed by atoms with E-state index >= 15 is 4.39 Å². The molecule has 12 nitrogen and oxygen atoms in total. The Hall–Kier alpha value is -4.87. The minimum absolute atomic E-state index is 0.147. The monoisotopic (exact) mass is 840 g/mol. The van der Waals surface area contributed by atoms with Crippen LogP contribution in [0.1, 0.15) is 84.5 Å². The van der Waals surface area contributed by atoms with Gasteiger partial charge < -0.3 is 15.1 Å². The van der Waals surface area contributed by atoms with Gasteiger partial charge in [0.05, 0.1) is 42.7 Å². The molecule has 1 saturated carbocycles. The molecule has 58 heavy (non-hydrogen) atoms. The predicted molar refractivity (Wildman–Crippen MR) is 213 cm³/mol. The summed E-state index contributed by atoms with van der Waals surface area (Å²) < 4.78 is 58.0. The van der Waals surface area contributed by atoms with Crippen LogP contribution >= 0.6 is 22.9 Å². The molecule has 2 aromatic carbocycles. The number of imide groups is 1. The fraction of sp³-hybridized carbons (Fsp3) is 0.450. The molecule has 2 aliphatic heterocycles. The largest absolute Gasteiger partial charge is 0.433 e. The average Bonchev–Trinajstić information content (AvgIpc) is 3.72. The van der Waals surface area contributed by atoms with Gasteiger partial charge in [-0.25, -0.2) is 19.2 Å². The zero-order chi connectivity index (χ0) is 41.0. The number of aryl methyl sites for hydroxylation is 1. The molecule has 1 atom stereocenters. The summed E-state index contributed by atoms with van der Waals surface area (Å²) in [7, 11) is 3.86. The van der Waals surface area contributed by atoms with Crippen LogP contribution in [0.4, 0.5) is 28.9 Å². The smallest absolute Gasteiger partial charge is 0.370 e. The van der Waals surface area contributed by atoms with Crippen LogP contribution in [0.5, 0.6) is 0 Å². The molecule has 3 aromatic heterocycles. The number of alkyl halides is 3. The number of halogens is 5. The van der Waals surface area contributed by atoms with E-state index in [4.69, 9.17) is 16.6 Å². The number of pyridine rings is 1. The van der Waals surface area contributed by atoms with Gasteiger partial charge in [-0.05, 0) is 88.2 Å². The number of rotatable bonds is 8. The van der Waals surface area contributed by atoms with E-state index in [-0.39, 0.29) is 36.0 Å². The molecule has 0 bridgehead atoms. The summed E-state index contributed by atoms with van der Waals surface area (Å²) in [4.78, 5) is 63.6. The third kappa shape index (κ3) is 7.71. The molecule has 306 valence electrons.